The van der Waals surface area contributed by atoms with E-state index < -0.39 is 5.82 Å². The van der Waals surface area contributed by atoms with Crippen molar-refractivity contribution in [1.29, 1.82) is 0 Å². The number of hydrogen-bond acceptors (Lipinski definition) is 7. The van der Waals surface area contributed by atoms with E-state index in [1.807, 2.05) is 6.07 Å². The summed E-state index contributed by atoms with van der Waals surface area (Å²) < 4.78 is 39.9. The Balaban J connectivity index is 1.56. The lowest BCUT2D eigenvalue weighted by molar-refractivity contribution is -0.00899. The standard InChI is InChI=1S/C26H26F2N6O2/c1-35-20-11-16(28)10-19-23(20)33-26(32-19)22-24(34-7-5-18-21(13-34)36-8-6-30-18)17(12-31-25(22)29)14-3-2-4-15(27)9-14/h2-4,9-12,18,21,30H,5-8,13H2,1H3,(H2,29,31)(H,32,33). The number of nitrogens with one attached hydrogen (secondary N) is 2. The van der Waals surface area contributed by atoms with Gasteiger partial charge in [-0.1, -0.05) is 12.1 Å². The third-order valence-electron chi connectivity index (χ3n) is 6.91. The van der Waals surface area contributed by atoms with E-state index in [4.69, 9.17) is 20.2 Å². The number of nitrogens with zero attached hydrogens (tertiary/aromatic N) is 3. The summed E-state index contributed by atoms with van der Waals surface area (Å²) in [4.78, 5) is 14.6. The van der Waals surface area contributed by atoms with Gasteiger partial charge in [0.2, 0.25) is 0 Å². The smallest absolute Gasteiger partial charge is 0.149 e. The molecule has 2 atom stereocenters. The van der Waals surface area contributed by atoms with Crippen LogP contribution in [-0.4, -0.2) is 60.4 Å². The van der Waals surface area contributed by atoms with E-state index in [2.05, 4.69) is 20.2 Å². The number of pyridine rings is 1. The summed E-state index contributed by atoms with van der Waals surface area (Å²) in [5.41, 5.74) is 10.2. The van der Waals surface area contributed by atoms with Crippen LogP contribution >= 0.6 is 0 Å². The van der Waals surface area contributed by atoms with Gasteiger partial charge in [-0.05, 0) is 30.2 Å². The van der Waals surface area contributed by atoms with Crippen LogP contribution in [0, 0.1) is 11.6 Å². The molecule has 2 aromatic carbocycles. The van der Waals surface area contributed by atoms with Crippen molar-refractivity contribution in [2.24, 2.45) is 0 Å². The Hall–Kier alpha value is -3.76. The number of nitrogens with two attached hydrogens (primary N) is 1. The molecular weight excluding hydrogens is 466 g/mol. The van der Waals surface area contributed by atoms with Gasteiger partial charge in [0.1, 0.15) is 34.5 Å². The fourth-order valence-electron chi connectivity index (χ4n) is 5.25. The Bertz CT molecular complexity index is 1440. The molecule has 2 aromatic heterocycles. The molecule has 10 heteroatoms. The van der Waals surface area contributed by atoms with Crippen LogP contribution in [0.3, 0.4) is 0 Å². The molecule has 4 heterocycles. The minimum absolute atomic E-state index is 0.0000348. The van der Waals surface area contributed by atoms with Gasteiger partial charge in [0.05, 0.1) is 36.6 Å². The van der Waals surface area contributed by atoms with E-state index in [0.717, 1.165) is 30.8 Å². The molecule has 0 radical (unpaired) electrons. The van der Waals surface area contributed by atoms with Crippen molar-refractivity contribution >= 4 is 22.5 Å². The second kappa shape index (κ2) is 9.03. The highest BCUT2D eigenvalue weighted by Crippen LogP contribution is 2.43. The van der Waals surface area contributed by atoms with Gasteiger partial charge in [0.15, 0.2) is 0 Å². The Labute approximate surface area is 206 Å². The molecule has 0 spiro atoms. The first-order valence-corrected chi connectivity index (χ1v) is 11.9. The molecule has 2 aliphatic rings. The van der Waals surface area contributed by atoms with Gasteiger partial charge in [-0.3, -0.25) is 0 Å². The molecule has 4 aromatic rings. The molecular formula is C26H26F2N6O2. The van der Waals surface area contributed by atoms with E-state index in [1.54, 1.807) is 12.3 Å². The number of halogens is 2. The van der Waals surface area contributed by atoms with Crippen molar-refractivity contribution < 1.29 is 18.3 Å². The number of aromatic amines is 1. The number of benzene rings is 2. The minimum Gasteiger partial charge on any atom is -0.494 e. The molecule has 0 bridgehead atoms. The second-order valence-corrected chi connectivity index (χ2v) is 9.09. The zero-order valence-electron chi connectivity index (χ0n) is 19.7. The van der Waals surface area contributed by atoms with Crippen LogP contribution in [0.25, 0.3) is 33.5 Å². The van der Waals surface area contributed by atoms with E-state index in [1.165, 1.54) is 31.4 Å². The number of methoxy groups -OCH3 is 1. The van der Waals surface area contributed by atoms with Crippen molar-refractivity contribution in [3.8, 4) is 28.3 Å². The van der Waals surface area contributed by atoms with Gasteiger partial charge in [-0.15, -0.1) is 0 Å². The second-order valence-electron chi connectivity index (χ2n) is 9.09. The molecule has 8 nitrogen and oxygen atoms in total. The van der Waals surface area contributed by atoms with Gasteiger partial charge in [0, 0.05) is 43.5 Å². The lowest BCUT2D eigenvalue weighted by atomic mass is 9.95. The Kier molecular flexibility index (Phi) is 5.69. The SMILES string of the molecule is COc1cc(F)cc2[nH]c(-c3c(N)ncc(-c4cccc(F)c4)c3N3CCC4NCCOC4C3)nc12. The number of rotatable bonds is 4. The molecule has 4 N–H and O–H groups in total. The van der Waals surface area contributed by atoms with Gasteiger partial charge in [0.25, 0.3) is 0 Å². The summed E-state index contributed by atoms with van der Waals surface area (Å²) >= 11 is 0. The maximum Gasteiger partial charge on any atom is 0.149 e. The molecule has 6 rings (SSSR count). The number of imidazole rings is 1. The van der Waals surface area contributed by atoms with Crippen LogP contribution in [0.2, 0.25) is 0 Å². The first-order chi connectivity index (χ1) is 17.5. The molecule has 186 valence electrons. The Morgan fingerprint density at radius 3 is 2.92 bits per heavy atom. The maximum atomic E-state index is 14.3. The lowest BCUT2D eigenvalue weighted by Crippen LogP contribution is -2.58. The highest BCUT2D eigenvalue weighted by molar-refractivity contribution is 5.96. The zero-order chi connectivity index (χ0) is 24.8. The van der Waals surface area contributed by atoms with Crippen LogP contribution < -0.4 is 20.7 Å². The molecule has 2 aliphatic heterocycles. The lowest BCUT2D eigenvalue weighted by Gasteiger charge is -2.43. The third kappa shape index (κ3) is 3.92. The number of nitrogen functional groups attached to an aromatic ring is 1. The van der Waals surface area contributed by atoms with Crippen molar-refractivity contribution in [2.45, 2.75) is 18.6 Å². The van der Waals surface area contributed by atoms with Crippen LogP contribution in [-0.2, 0) is 4.74 Å². The van der Waals surface area contributed by atoms with Gasteiger partial charge >= 0.3 is 0 Å². The van der Waals surface area contributed by atoms with Gasteiger partial charge in [-0.2, -0.15) is 0 Å². The van der Waals surface area contributed by atoms with E-state index in [9.17, 15) is 8.78 Å². The maximum absolute atomic E-state index is 14.3. The summed E-state index contributed by atoms with van der Waals surface area (Å²) in [7, 11) is 1.47. The number of hydrogen-bond donors (Lipinski definition) is 3. The van der Waals surface area contributed by atoms with Crippen LogP contribution in [0.15, 0.2) is 42.6 Å². The number of piperidine rings is 1. The molecule has 2 saturated heterocycles. The average Bonchev–Trinajstić information content (AvgIpc) is 3.31. The van der Waals surface area contributed by atoms with E-state index in [-0.39, 0.29) is 23.8 Å². The fourth-order valence-corrected chi connectivity index (χ4v) is 5.25. The number of fused-ring (bicyclic) bond motifs is 2. The monoisotopic (exact) mass is 492 g/mol. The normalized spacial score (nSPS) is 19.9. The van der Waals surface area contributed by atoms with E-state index >= 15 is 0 Å². The Morgan fingerprint density at radius 2 is 2.08 bits per heavy atom. The summed E-state index contributed by atoms with van der Waals surface area (Å²) in [6.45, 7) is 2.83. The minimum atomic E-state index is -0.446. The summed E-state index contributed by atoms with van der Waals surface area (Å²) in [6, 6.07) is 9.31. The largest absolute Gasteiger partial charge is 0.494 e. The summed E-state index contributed by atoms with van der Waals surface area (Å²) in [6.07, 6.45) is 2.53. The number of morpholine rings is 1. The highest BCUT2D eigenvalue weighted by Gasteiger charge is 2.35. The quantitative estimate of drug-likeness (QED) is 0.399. The first-order valence-electron chi connectivity index (χ1n) is 11.9. The molecule has 0 saturated carbocycles. The number of ether oxygens (including phenoxy) is 2. The molecule has 0 amide bonds. The zero-order valence-corrected chi connectivity index (χ0v) is 19.7. The molecule has 2 unspecified atom stereocenters. The van der Waals surface area contributed by atoms with Crippen LogP contribution in [0.4, 0.5) is 20.3 Å². The molecule has 0 aliphatic carbocycles. The molecule has 36 heavy (non-hydrogen) atoms. The first kappa shape index (κ1) is 22.7. The van der Waals surface area contributed by atoms with Crippen molar-refractivity contribution in [1.82, 2.24) is 20.3 Å². The highest BCUT2D eigenvalue weighted by atomic mass is 19.1. The Morgan fingerprint density at radius 1 is 1.19 bits per heavy atom. The van der Waals surface area contributed by atoms with Crippen molar-refractivity contribution in [3.05, 3.63) is 54.2 Å². The molecule has 2 fully saturated rings. The fraction of sp³-hybridized carbons (Fsp3) is 0.308. The summed E-state index contributed by atoms with van der Waals surface area (Å²) in [5.74, 6) is 0.201. The predicted molar refractivity (Wildman–Crippen MR) is 134 cm³/mol. The van der Waals surface area contributed by atoms with Crippen LogP contribution in [0.1, 0.15) is 6.42 Å². The van der Waals surface area contributed by atoms with Crippen molar-refractivity contribution in [2.75, 3.05) is 44.0 Å². The average molecular weight is 493 g/mol. The topological polar surface area (TPSA) is 101 Å². The number of H-pyrrole nitrogens is 1. The number of aromatic nitrogens is 3. The van der Waals surface area contributed by atoms with Crippen molar-refractivity contribution in [3.63, 3.8) is 0 Å². The summed E-state index contributed by atoms with van der Waals surface area (Å²) in [5, 5.41) is 3.53. The van der Waals surface area contributed by atoms with Crippen LogP contribution in [0.5, 0.6) is 5.75 Å². The third-order valence-corrected chi connectivity index (χ3v) is 6.91. The predicted octanol–water partition coefficient (Wildman–Crippen LogP) is 3.73. The van der Waals surface area contributed by atoms with Gasteiger partial charge < -0.3 is 30.4 Å². The number of anilines is 2. The van der Waals surface area contributed by atoms with Gasteiger partial charge in [-0.25, -0.2) is 18.7 Å². The van der Waals surface area contributed by atoms with E-state index in [0.29, 0.717) is 46.9 Å².